The van der Waals surface area contributed by atoms with Crippen molar-refractivity contribution in [2.45, 2.75) is 94.4 Å². The first-order valence-corrected chi connectivity index (χ1v) is 13.6. The molecule has 4 rings (SSSR count). The molecule has 4 aliphatic rings. The van der Waals surface area contributed by atoms with Crippen molar-refractivity contribution >= 4 is 17.8 Å². The van der Waals surface area contributed by atoms with Crippen molar-refractivity contribution in [1.29, 1.82) is 0 Å². The van der Waals surface area contributed by atoms with Crippen LogP contribution in [0.1, 0.15) is 71.1 Å². The molecule has 200 valence electrons. The SMILES string of the molecule is C=CCCCOC(=O)[C@H]1[C@H]2C(=O)N(CCCO)C(C(=O)N(CC=C)C3CCCCC3)C23CC[C@]1(C)O3. The maximum absolute atomic E-state index is 14.3. The molecule has 0 aromatic heterocycles. The molecule has 3 saturated heterocycles. The zero-order chi connectivity index (χ0) is 25.9. The molecule has 2 amide bonds. The summed E-state index contributed by atoms with van der Waals surface area (Å²) in [6.07, 6.45) is 11.6. The fourth-order valence-corrected chi connectivity index (χ4v) is 7.14. The van der Waals surface area contributed by atoms with Crippen LogP contribution in [0, 0.1) is 11.8 Å². The number of carbonyl (C=O) groups is 3. The van der Waals surface area contributed by atoms with E-state index >= 15 is 0 Å². The number of hydrogen-bond acceptors (Lipinski definition) is 6. The lowest BCUT2D eigenvalue weighted by molar-refractivity contribution is -0.161. The fourth-order valence-electron chi connectivity index (χ4n) is 7.14. The van der Waals surface area contributed by atoms with Crippen LogP contribution in [-0.4, -0.2) is 82.3 Å². The number of carbonyl (C=O) groups excluding carboxylic acids is 3. The minimum atomic E-state index is -1.06. The van der Waals surface area contributed by atoms with E-state index in [0.717, 1.165) is 32.1 Å². The van der Waals surface area contributed by atoms with E-state index in [1.54, 1.807) is 17.1 Å². The van der Waals surface area contributed by atoms with Crippen LogP contribution < -0.4 is 0 Å². The largest absolute Gasteiger partial charge is 0.465 e. The van der Waals surface area contributed by atoms with E-state index < -0.39 is 35.0 Å². The van der Waals surface area contributed by atoms with Crippen LogP contribution in [0.25, 0.3) is 0 Å². The summed E-state index contributed by atoms with van der Waals surface area (Å²) in [6.45, 7) is 10.3. The Labute approximate surface area is 214 Å². The van der Waals surface area contributed by atoms with Gasteiger partial charge in [-0.3, -0.25) is 14.4 Å². The average Bonchev–Trinajstić information content (AvgIpc) is 3.44. The number of aliphatic hydroxyl groups excluding tert-OH is 1. The van der Waals surface area contributed by atoms with Gasteiger partial charge in [-0.25, -0.2) is 0 Å². The Kier molecular flexibility index (Phi) is 8.25. The third kappa shape index (κ3) is 4.51. The molecule has 4 fully saturated rings. The van der Waals surface area contributed by atoms with Crippen molar-refractivity contribution in [2.24, 2.45) is 11.8 Å². The zero-order valence-corrected chi connectivity index (χ0v) is 21.7. The average molecular weight is 503 g/mol. The maximum Gasteiger partial charge on any atom is 0.312 e. The Morgan fingerprint density at radius 2 is 1.94 bits per heavy atom. The van der Waals surface area contributed by atoms with Gasteiger partial charge in [0.25, 0.3) is 0 Å². The van der Waals surface area contributed by atoms with Crippen LogP contribution >= 0.6 is 0 Å². The predicted molar refractivity (Wildman–Crippen MR) is 135 cm³/mol. The van der Waals surface area contributed by atoms with Crippen molar-refractivity contribution in [3.8, 4) is 0 Å². The van der Waals surface area contributed by atoms with Gasteiger partial charge in [0.15, 0.2) is 0 Å². The number of hydrogen-bond donors (Lipinski definition) is 1. The second-order valence-corrected chi connectivity index (χ2v) is 11.0. The van der Waals surface area contributed by atoms with E-state index in [0.29, 0.717) is 32.2 Å². The topological polar surface area (TPSA) is 96.4 Å². The third-order valence-corrected chi connectivity index (χ3v) is 8.74. The molecule has 3 aliphatic heterocycles. The van der Waals surface area contributed by atoms with Crippen LogP contribution in [0.3, 0.4) is 0 Å². The second kappa shape index (κ2) is 11.1. The summed E-state index contributed by atoms with van der Waals surface area (Å²) in [6, 6.07) is -0.710. The highest BCUT2D eigenvalue weighted by Gasteiger charge is 2.78. The van der Waals surface area contributed by atoms with Gasteiger partial charge in [0.1, 0.15) is 17.6 Å². The van der Waals surface area contributed by atoms with E-state index in [1.165, 1.54) is 6.42 Å². The number of esters is 1. The van der Waals surface area contributed by atoms with Crippen LogP contribution in [0.4, 0.5) is 0 Å². The molecule has 0 aromatic carbocycles. The molecule has 1 saturated carbocycles. The zero-order valence-electron chi connectivity index (χ0n) is 21.7. The number of nitrogens with zero attached hydrogens (tertiary/aromatic N) is 2. The molecule has 8 nitrogen and oxygen atoms in total. The van der Waals surface area contributed by atoms with E-state index in [4.69, 9.17) is 9.47 Å². The predicted octanol–water partition coefficient (Wildman–Crippen LogP) is 2.99. The van der Waals surface area contributed by atoms with Crippen molar-refractivity contribution in [3.63, 3.8) is 0 Å². The summed E-state index contributed by atoms with van der Waals surface area (Å²) in [5.74, 6) is -2.29. The van der Waals surface area contributed by atoms with Gasteiger partial charge >= 0.3 is 5.97 Å². The van der Waals surface area contributed by atoms with Gasteiger partial charge in [-0.2, -0.15) is 0 Å². The summed E-state index contributed by atoms with van der Waals surface area (Å²) in [7, 11) is 0. The van der Waals surface area contributed by atoms with Crippen LogP contribution in [-0.2, 0) is 23.9 Å². The van der Waals surface area contributed by atoms with E-state index in [2.05, 4.69) is 13.2 Å². The van der Waals surface area contributed by atoms with Crippen LogP contribution in [0.5, 0.6) is 0 Å². The minimum absolute atomic E-state index is 0.0886. The summed E-state index contributed by atoms with van der Waals surface area (Å²) in [5.41, 5.74) is -1.90. The molecule has 1 spiro atoms. The van der Waals surface area contributed by atoms with Crippen LogP contribution in [0.15, 0.2) is 25.3 Å². The van der Waals surface area contributed by atoms with Crippen molar-refractivity contribution < 1.29 is 29.0 Å². The van der Waals surface area contributed by atoms with E-state index in [1.807, 2.05) is 11.8 Å². The molecule has 1 aliphatic carbocycles. The van der Waals surface area contributed by atoms with Gasteiger partial charge in [0, 0.05) is 25.7 Å². The van der Waals surface area contributed by atoms with Gasteiger partial charge in [-0.05, 0) is 51.9 Å². The number of allylic oxidation sites excluding steroid dienone is 1. The first-order chi connectivity index (χ1) is 17.3. The molecule has 8 heteroatoms. The highest BCUT2D eigenvalue weighted by atomic mass is 16.6. The molecule has 2 unspecified atom stereocenters. The molecule has 0 aromatic rings. The molecule has 5 atom stereocenters. The Morgan fingerprint density at radius 3 is 2.61 bits per heavy atom. The number of aliphatic hydroxyl groups is 1. The van der Waals surface area contributed by atoms with Crippen molar-refractivity contribution in [3.05, 3.63) is 25.3 Å². The normalized spacial score (nSPS) is 33.4. The first-order valence-electron chi connectivity index (χ1n) is 13.6. The molecule has 0 radical (unpaired) electrons. The lowest BCUT2D eigenvalue weighted by atomic mass is 9.66. The molecule has 3 heterocycles. The summed E-state index contributed by atoms with van der Waals surface area (Å²) < 4.78 is 12.3. The monoisotopic (exact) mass is 502 g/mol. The minimum Gasteiger partial charge on any atom is -0.465 e. The number of fused-ring (bicyclic) bond motifs is 1. The Hall–Kier alpha value is -2.19. The lowest BCUT2D eigenvalue weighted by Crippen LogP contribution is -2.58. The molecule has 2 bridgehead atoms. The first kappa shape index (κ1) is 26.9. The second-order valence-electron chi connectivity index (χ2n) is 11.0. The summed E-state index contributed by atoms with van der Waals surface area (Å²) in [4.78, 5) is 45.0. The number of amides is 2. The molecular weight excluding hydrogens is 460 g/mol. The van der Waals surface area contributed by atoms with Gasteiger partial charge in [-0.1, -0.05) is 31.4 Å². The molecule has 1 N–H and O–H groups in total. The molecule has 36 heavy (non-hydrogen) atoms. The van der Waals surface area contributed by atoms with Gasteiger partial charge in [0.2, 0.25) is 11.8 Å². The van der Waals surface area contributed by atoms with Gasteiger partial charge in [0.05, 0.1) is 18.1 Å². The fraction of sp³-hybridized carbons (Fsp3) is 0.750. The smallest absolute Gasteiger partial charge is 0.312 e. The standard InChI is InChI=1S/C28H42N2O6/c1-4-6-10-19-35-26(34)22-21-24(32)30(17-11-18-31)23(28(21)15-14-27(22,3)36-28)25(33)29(16-5-2)20-12-8-7-9-13-20/h4-5,20-23,31H,1-2,6-19H2,3H3/t21-,22+,23?,27-,28?/m0/s1. The Balaban J connectivity index is 1.67. The number of likely N-dealkylation sites (tertiary alicyclic amines) is 1. The highest BCUT2D eigenvalue weighted by molar-refractivity contribution is 5.98. The van der Waals surface area contributed by atoms with Gasteiger partial charge in [-0.15, -0.1) is 13.2 Å². The molecular formula is C28H42N2O6. The summed E-state index contributed by atoms with van der Waals surface area (Å²) in [5, 5.41) is 9.53. The maximum atomic E-state index is 14.3. The van der Waals surface area contributed by atoms with Gasteiger partial charge < -0.3 is 24.4 Å². The Bertz CT molecular complexity index is 870. The number of ether oxygens (including phenoxy) is 2. The quantitative estimate of drug-likeness (QED) is 0.250. The summed E-state index contributed by atoms with van der Waals surface area (Å²) >= 11 is 0. The van der Waals surface area contributed by atoms with E-state index in [-0.39, 0.29) is 37.6 Å². The lowest BCUT2D eigenvalue weighted by Gasteiger charge is -2.40. The van der Waals surface area contributed by atoms with Crippen molar-refractivity contribution in [2.75, 3.05) is 26.3 Å². The highest BCUT2D eigenvalue weighted by Crippen LogP contribution is 2.63. The van der Waals surface area contributed by atoms with E-state index in [9.17, 15) is 19.5 Å². The van der Waals surface area contributed by atoms with Crippen LogP contribution in [0.2, 0.25) is 0 Å². The Morgan fingerprint density at radius 1 is 1.19 bits per heavy atom. The third-order valence-electron chi connectivity index (χ3n) is 8.74. The number of unbranched alkanes of at least 4 members (excludes halogenated alkanes) is 1. The number of rotatable bonds is 12. The van der Waals surface area contributed by atoms with Crippen molar-refractivity contribution in [1.82, 2.24) is 9.80 Å².